The van der Waals surface area contributed by atoms with Gasteiger partial charge in [0.05, 0.1) is 23.8 Å². The number of nitrogens with zero attached hydrogens (tertiary/aromatic N) is 2. The predicted octanol–water partition coefficient (Wildman–Crippen LogP) is 1.54. The van der Waals surface area contributed by atoms with E-state index >= 15 is 0 Å². The molecule has 1 N–H and O–H groups in total. The molecular weight excluding hydrogens is 246 g/mol. The molecule has 2 heterocycles. The molecule has 2 aromatic rings. The van der Waals surface area contributed by atoms with E-state index in [9.17, 15) is 9.59 Å². The average molecular weight is 261 g/mol. The van der Waals surface area contributed by atoms with Crippen LogP contribution in [0.3, 0.4) is 0 Å². The van der Waals surface area contributed by atoms with Crippen LogP contribution in [0.25, 0.3) is 11.0 Å². The smallest absolute Gasteiger partial charge is 0.339 e. The van der Waals surface area contributed by atoms with Crippen LogP contribution in [0.1, 0.15) is 41.6 Å². The zero-order chi connectivity index (χ0) is 14.2. The fraction of sp³-hybridized carbons (Fsp3) is 0.385. The number of H-pyrrole nitrogens is 1. The monoisotopic (exact) mass is 261 g/mol. The molecule has 6 nitrogen and oxygen atoms in total. The van der Waals surface area contributed by atoms with E-state index in [1.54, 1.807) is 6.92 Å². The zero-order valence-electron chi connectivity index (χ0n) is 11.3. The van der Waals surface area contributed by atoms with Crippen molar-refractivity contribution in [3.05, 3.63) is 33.5 Å². The molecule has 6 heteroatoms. The molecular formula is C13H15N3O3. The second-order valence-electron chi connectivity index (χ2n) is 4.59. The number of hydrogen-bond donors (Lipinski definition) is 1. The molecule has 0 unspecified atom stereocenters. The van der Waals surface area contributed by atoms with E-state index in [0.717, 1.165) is 0 Å². The summed E-state index contributed by atoms with van der Waals surface area (Å²) in [6.07, 6.45) is 0. The molecule has 2 rings (SSSR count). The molecule has 19 heavy (non-hydrogen) atoms. The van der Waals surface area contributed by atoms with Gasteiger partial charge in [0.2, 0.25) is 0 Å². The Bertz CT molecular complexity index is 704. The standard InChI is InChI=1S/C13H15N3O3/c1-6(2)10-15-11-9(12(17)16-10)5-8(7(3)14-11)13(18)19-4/h5-6H,1-4H3,(H,14,15,16,17). The molecule has 0 aromatic carbocycles. The van der Waals surface area contributed by atoms with Gasteiger partial charge in [0.25, 0.3) is 5.56 Å². The van der Waals surface area contributed by atoms with Crippen molar-refractivity contribution < 1.29 is 9.53 Å². The molecule has 0 amide bonds. The Labute approximate surface area is 109 Å². The van der Waals surface area contributed by atoms with Crippen LogP contribution in [0.4, 0.5) is 0 Å². The molecule has 100 valence electrons. The number of pyridine rings is 1. The minimum absolute atomic E-state index is 0.0967. The zero-order valence-corrected chi connectivity index (χ0v) is 11.3. The Balaban J connectivity index is 2.75. The summed E-state index contributed by atoms with van der Waals surface area (Å²) >= 11 is 0. The highest BCUT2D eigenvalue weighted by Crippen LogP contribution is 2.15. The first-order valence-corrected chi connectivity index (χ1v) is 5.94. The number of ether oxygens (including phenoxy) is 1. The van der Waals surface area contributed by atoms with Crippen LogP contribution in [0, 0.1) is 6.92 Å². The number of rotatable bonds is 2. The number of esters is 1. The van der Waals surface area contributed by atoms with Crippen molar-refractivity contribution in [3.8, 4) is 0 Å². The lowest BCUT2D eigenvalue weighted by Gasteiger charge is -2.07. The van der Waals surface area contributed by atoms with Crippen molar-refractivity contribution in [2.45, 2.75) is 26.7 Å². The van der Waals surface area contributed by atoms with Gasteiger partial charge in [-0.3, -0.25) is 4.79 Å². The van der Waals surface area contributed by atoms with Gasteiger partial charge in [-0.2, -0.15) is 0 Å². The Hall–Kier alpha value is -2.24. The molecule has 0 aliphatic carbocycles. The third-order valence-electron chi connectivity index (χ3n) is 2.86. The first kappa shape index (κ1) is 13.2. The molecule has 0 saturated heterocycles. The summed E-state index contributed by atoms with van der Waals surface area (Å²) in [5.41, 5.74) is 0.815. The molecule has 0 radical (unpaired) electrons. The van der Waals surface area contributed by atoms with E-state index < -0.39 is 5.97 Å². The average Bonchev–Trinajstić information content (AvgIpc) is 2.36. The van der Waals surface area contributed by atoms with E-state index in [2.05, 4.69) is 19.7 Å². The lowest BCUT2D eigenvalue weighted by molar-refractivity contribution is 0.0599. The number of nitrogens with one attached hydrogen (secondary N) is 1. The van der Waals surface area contributed by atoms with Gasteiger partial charge in [-0.05, 0) is 13.0 Å². The quantitative estimate of drug-likeness (QED) is 0.829. The van der Waals surface area contributed by atoms with Crippen LogP contribution >= 0.6 is 0 Å². The van der Waals surface area contributed by atoms with Crippen molar-refractivity contribution in [1.29, 1.82) is 0 Å². The molecule has 0 bridgehead atoms. The predicted molar refractivity (Wildman–Crippen MR) is 70.3 cm³/mol. The van der Waals surface area contributed by atoms with Crippen LogP contribution in [0.15, 0.2) is 10.9 Å². The summed E-state index contributed by atoms with van der Waals surface area (Å²) in [5.74, 6) is 0.161. The highest BCUT2D eigenvalue weighted by Gasteiger charge is 2.15. The van der Waals surface area contributed by atoms with Gasteiger partial charge in [0, 0.05) is 5.92 Å². The van der Waals surface area contributed by atoms with Gasteiger partial charge in [-0.25, -0.2) is 14.8 Å². The van der Waals surface area contributed by atoms with E-state index in [1.807, 2.05) is 13.8 Å². The second kappa shape index (κ2) is 4.79. The summed E-state index contributed by atoms with van der Waals surface area (Å²) < 4.78 is 4.66. The van der Waals surface area contributed by atoms with Crippen molar-refractivity contribution in [3.63, 3.8) is 0 Å². The van der Waals surface area contributed by atoms with E-state index in [-0.39, 0.29) is 22.4 Å². The minimum Gasteiger partial charge on any atom is -0.465 e. The van der Waals surface area contributed by atoms with Crippen LogP contribution in [-0.2, 0) is 4.74 Å². The topological polar surface area (TPSA) is 84.9 Å². The number of methoxy groups -OCH3 is 1. The van der Waals surface area contributed by atoms with Gasteiger partial charge in [0.15, 0.2) is 5.65 Å². The van der Waals surface area contributed by atoms with E-state index in [1.165, 1.54) is 13.2 Å². The van der Waals surface area contributed by atoms with Gasteiger partial charge >= 0.3 is 5.97 Å². The lowest BCUT2D eigenvalue weighted by Crippen LogP contribution is -2.16. The molecule has 0 saturated carbocycles. The summed E-state index contributed by atoms with van der Waals surface area (Å²) in [7, 11) is 1.29. The van der Waals surface area contributed by atoms with E-state index in [0.29, 0.717) is 17.2 Å². The van der Waals surface area contributed by atoms with Crippen molar-refractivity contribution in [1.82, 2.24) is 15.0 Å². The van der Waals surface area contributed by atoms with E-state index in [4.69, 9.17) is 0 Å². The van der Waals surface area contributed by atoms with Crippen molar-refractivity contribution >= 4 is 17.0 Å². The molecule has 0 atom stereocenters. The first-order chi connectivity index (χ1) is 8.93. The first-order valence-electron chi connectivity index (χ1n) is 5.94. The normalized spacial score (nSPS) is 11.0. The third-order valence-corrected chi connectivity index (χ3v) is 2.86. The van der Waals surface area contributed by atoms with Gasteiger partial charge in [-0.1, -0.05) is 13.8 Å². The Morgan fingerprint density at radius 2 is 2.05 bits per heavy atom. The SMILES string of the molecule is COC(=O)c1cc2c(=O)[nH]c(C(C)C)nc2nc1C. The summed E-state index contributed by atoms with van der Waals surface area (Å²) in [5, 5.41) is 0.287. The maximum Gasteiger partial charge on any atom is 0.339 e. The van der Waals surface area contributed by atoms with Crippen molar-refractivity contribution in [2.24, 2.45) is 0 Å². The maximum absolute atomic E-state index is 12.0. The van der Waals surface area contributed by atoms with Crippen LogP contribution in [0.2, 0.25) is 0 Å². The minimum atomic E-state index is -0.515. The van der Waals surface area contributed by atoms with Gasteiger partial charge in [0.1, 0.15) is 5.82 Å². The Kier molecular flexibility index (Phi) is 3.33. The maximum atomic E-state index is 12.0. The largest absolute Gasteiger partial charge is 0.465 e. The Morgan fingerprint density at radius 1 is 1.37 bits per heavy atom. The number of carbonyl (C=O) groups is 1. The molecule has 0 fully saturated rings. The van der Waals surface area contributed by atoms with Crippen molar-refractivity contribution in [2.75, 3.05) is 7.11 Å². The summed E-state index contributed by atoms with van der Waals surface area (Å²) in [6.45, 7) is 5.54. The number of aryl methyl sites for hydroxylation is 1. The molecule has 0 aliphatic heterocycles. The number of aromatic amines is 1. The fourth-order valence-electron chi connectivity index (χ4n) is 1.76. The number of fused-ring (bicyclic) bond motifs is 1. The number of hydrogen-bond acceptors (Lipinski definition) is 5. The van der Waals surface area contributed by atoms with Gasteiger partial charge in [-0.15, -0.1) is 0 Å². The molecule has 0 spiro atoms. The number of carbonyl (C=O) groups excluding carboxylic acids is 1. The fourth-order valence-corrected chi connectivity index (χ4v) is 1.76. The second-order valence-corrected chi connectivity index (χ2v) is 4.59. The number of aromatic nitrogens is 3. The van der Waals surface area contributed by atoms with Gasteiger partial charge < -0.3 is 9.72 Å². The highest BCUT2D eigenvalue weighted by atomic mass is 16.5. The van der Waals surface area contributed by atoms with Crippen LogP contribution in [-0.4, -0.2) is 28.0 Å². The molecule has 0 aliphatic rings. The van der Waals surface area contributed by atoms with Crippen LogP contribution in [0.5, 0.6) is 0 Å². The third kappa shape index (κ3) is 2.33. The molecule has 2 aromatic heterocycles. The van der Waals surface area contributed by atoms with Crippen LogP contribution < -0.4 is 5.56 Å². The lowest BCUT2D eigenvalue weighted by atomic mass is 10.1. The Morgan fingerprint density at radius 3 is 2.63 bits per heavy atom. The summed E-state index contributed by atoms with van der Waals surface area (Å²) in [4.78, 5) is 34.8. The summed E-state index contributed by atoms with van der Waals surface area (Å²) in [6, 6.07) is 1.47. The highest BCUT2D eigenvalue weighted by molar-refractivity contribution is 5.94.